The first-order chi connectivity index (χ1) is 13.6. The smallest absolute Gasteiger partial charge is 0.123 e. The molecule has 4 rings (SSSR count). The van der Waals surface area contributed by atoms with E-state index in [0.29, 0.717) is 0 Å². The van der Waals surface area contributed by atoms with E-state index in [4.69, 9.17) is 11.6 Å². The van der Waals surface area contributed by atoms with E-state index < -0.39 is 0 Å². The topological polar surface area (TPSA) is 24.3 Å². The summed E-state index contributed by atoms with van der Waals surface area (Å²) < 4.78 is 15.4. The van der Waals surface area contributed by atoms with E-state index in [2.05, 4.69) is 31.5 Å². The number of aryl methyl sites for hydroxylation is 1. The van der Waals surface area contributed by atoms with Gasteiger partial charge in [0.1, 0.15) is 11.6 Å². The number of imidazole rings is 1. The first-order valence-electron chi connectivity index (χ1n) is 9.62. The highest BCUT2D eigenvalue weighted by molar-refractivity contribution is 6.30. The van der Waals surface area contributed by atoms with Gasteiger partial charge in [-0.15, -0.1) is 0 Å². The quantitative estimate of drug-likeness (QED) is 0.639. The van der Waals surface area contributed by atoms with E-state index in [-0.39, 0.29) is 5.82 Å². The minimum Gasteiger partial charge on any atom is -0.369 e. The molecule has 2 aromatic carbocycles. The predicted molar refractivity (Wildman–Crippen MR) is 112 cm³/mol. The zero-order chi connectivity index (χ0) is 19.5. The third-order valence-electron chi connectivity index (χ3n) is 5.31. The van der Waals surface area contributed by atoms with Gasteiger partial charge in [0, 0.05) is 67.4 Å². The summed E-state index contributed by atoms with van der Waals surface area (Å²) in [7, 11) is 0. The highest BCUT2D eigenvalue weighted by Crippen LogP contribution is 2.20. The molecule has 1 fully saturated rings. The maximum absolute atomic E-state index is 13.3. The highest BCUT2D eigenvalue weighted by Gasteiger charge is 2.18. The molecule has 0 saturated carbocycles. The molecule has 1 aromatic heterocycles. The minimum absolute atomic E-state index is 0.221. The fourth-order valence-corrected chi connectivity index (χ4v) is 3.87. The second-order valence-corrected chi connectivity index (χ2v) is 7.62. The molecule has 0 bridgehead atoms. The van der Waals surface area contributed by atoms with Gasteiger partial charge in [-0.2, -0.15) is 0 Å². The van der Waals surface area contributed by atoms with Crippen LogP contribution < -0.4 is 4.90 Å². The van der Waals surface area contributed by atoms with Gasteiger partial charge in [-0.25, -0.2) is 9.37 Å². The SMILES string of the molecule is Cc1cnc(CCN2CCN(c3ccc(Cl)cc3)CC2)n1-c1ccc(F)cc1. The second kappa shape index (κ2) is 8.33. The number of rotatable bonds is 5. The van der Waals surface area contributed by atoms with Crippen LogP contribution in [0.2, 0.25) is 5.02 Å². The Hall–Kier alpha value is -2.37. The molecule has 6 heteroatoms. The van der Waals surface area contributed by atoms with Crippen LogP contribution in [0, 0.1) is 12.7 Å². The van der Waals surface area contributed by atoms with E-state index in [9.17, 15) is 4.39 Å². The number of piperazine rings is 1. The van der Waals surface area contributed by atoms with Crippen LogP contribution in [0.3, 0.4) is 0 Å². The monoisotopic (exact) mass is 398 g/mol. The molecular formula is C22H24ClFN4. The molecular weight excluding hydrogens is 375 g/mol. The van der Waals surface area contributed by atoms with Gasteiger partial charge in [-0.05, 0) is 55.5 Å². The Morgan fingerprint density at radius 2 is 1.57 bits per heavy atom. The maximum atomic E-state index is 13.3. The van der Waals surface area contributed by atoms with Crippen LogP contribution in [0.4, 0.5) is 10.1 Å². The van der Waals surface area contributed by atoms with Gasteiger partial charge in [0.15, 0.2) is 0 Å². The average Bonchev–Trinajstić information content (AvgIpc) is 3.08. The summed E-state index contributed by atoms with van der Waals surface area (Å²) in [5.41, 5.74) is 3.25. The lowest BCUT2D eigenvalue weighted by molar-refractivity contribution is 0.259. The van der Waals surface area contributed by atoms with Crippen LogP contribution in [-0.4, -0.2) is 47.2 Å². The van der Waals surface area contributed by atoms with E-state index in [1.165, 1.54) is 17.8 Å². The lowest BCUT2D eigenvalue weighted by Gasteiger charge is -2.36. The fraction of sp³-hybridized carbons (Fsp3) is 0.318. The number of halogens is 2. The molecule has 0 unspecified atom stereocenters. The first kappa shape index (κ1) is 19.0. The highest BCUT2D eigenvalue weighted by atomic mass is 35.5. The molecule has 0 aliphatic carbocycles. The summed E-state index contributed by atoms with van der Waals surface area (Å²) in [4.78, 5) is 9.47. The summed E-state index contributed by atoms with van der Waals surface area (Å²) >= 11 is 5.99. The van der Waals surface area contributed by atoms with Crippen LogP contribution >= 0.6 is 11.6 Å². The molecule has 3 aromatic rings. The Kier molecular flexibility index (Phi) is 5.64. The summed E-state index contributed by atoms with van der Waals surface area (Å²) in [5, 5.41) is 0.773. The van der Waals surface area contributed by atoms with E-state index >= 15 is 0 Å². The molecule has 0 N–H and O–H groups in total. The van der Waals surface area contributed by atoms with Crippen molar-refractivity contribution in [1.29, 1.82) is 0 Å². The number of hydrogen-bond donors (Lipinski definition) is 0. The van der Waals surface area contributed by atoms with Crippen molar-refractivity contribution in [3.63, 3.8) is 0 Å². The third-order valence-corrected chi connectivity index (χ3v) is 5.56. The lowest BCUT2D eigenvalue weighted by Crippen LogP contribution is -2.47. The van der Waals surface area contributed by atoms with Gasteiger partial charge in [0.25, 0.3) is 0 Å². The summed E-state index contributed by atoms with van der Waals surface area (Å²) in [6, 6.07) is 14.7. The van der Waals surface area contributed by atoms with Crippen molar-refractivity contribution in [3.05, 3.63) is 77.1 Å². The molecule has 0 atom stereocenters. The maximum Gasteiger partial charge on any atom is 0.123 e. The van der Waals surface area contributed by atoms with Crippen LogP contribution in [0.15, 0.2) is 54.7 Å². The predicted octanol–water partition coefficient (Wildman–Crippen LogP) is 4.34. The zero-order valence-corrected chi connectivity index (χ0v) is 16.7. The van der Waals surface area contributed by atoms with Gasteiger partial charge < -0.3 is 9.47 Å². The Labute approximate surface area is 170 Å². The Morgan fingerprint density at radius 1 is 0.929 bits per heavy atom. The molecule has 0 radical (unpaired) electrons. The number of hydrogen-bond acceptors (Lipinski definition) is 3. The molecule has 1 saturated heterocycles. The van der Waals surface area contributed by atoms with E-state index in [0.717, 1.165) is 61.4 Å². The van der Waals surface area contributed by atoms with Crippen molar-refractivity contribution in [3.8, 4) is 5.69 Å². The van der Waals surface area contributed by atoms with Gasteiger partial charge in [0.2, 0.25) is 0 Å². The third kappa shape index (κ3) is 4.21. The van der Waals surface area contributed by atoms with Crippen LogP contribution in [0.5, 0.6) is 0 Å². The van der Waals surface area contributed by atoms with Crippen LogP contribution in [0.25, 0.3) is 5.69 Å². The largest absolute Gasteiger partial charge is 0.369 e. The Morgan fingerprint density at radius 3 is 2.25 bits per heavy atom. The number of anilines is 1. The standard InChI is InChI=1S/C22H24ClFN4/c1-17-16-25-22(28(17)21-8-4-19(24)5-9-21)10-11-26-12-14-27(15-13-26)20-6-2-18(23)3-7-20/h2-9,16H,10-15H2,1H3. The normalized spacial score (nSPS) is 15.2. The van der Waals surface area contributed by atoms with E-state index in [1.807, 2.05) is 25.3 Å². The minimum atomic E-state index is -0.221. The summed E-state index contributed by atoms with van der Waals surface area (Å²) in [5.74, 6) is 0.797. The Balaban J connectivity index is 1.36. The number of benzene rings is 2. The first-order valence-corrected chi connectivity index (χ1v) is 10.00. The zero-order valence-electron chi connectivity index (χ0n) is 16.0. The van der Waals surface area contributed by atoms with Gasteiger partial charge >= 0.3 is 0 Å². The van der Waals surface area contributed by atoms with Crippen molar-refractivity contribution >= 4 is 17.3 Å². The number of aromatic nitrogens is 2. The van der Waals surface area contributed by atoms with Crippen molar-refractivity contribution in [2.24, 2.45) is 0 Å². The average molecular weight is 399 g/mol. The molecule has 146 valence electrons. The van der Waals surface area contributed by atoms with Crippen molar-refractivity contribution in [2.45, 2.75) is 13.3 Å². The molecule has 2 heterocycles. The van der Waals surface area contributed by atoms with E-state index in [1.54, 1.807) is 12.1 Å². The van der Waals surface area contributed by atoms with Gasteiger partial charge in [-0.1, -0.05) is 11.6 Å². The molecule has 1 aliphatic rings. The summed E-state index contributed by atoms with van der Waals surface area (Å²) in [6.07, 6.45) is 2.75. The molecule has 4 nitrogen and oxygen atoms in total. The lowest BCUT2D eigenvalue weighted by atomic mass is 10.2. The molecule has 0 amide bonds. The van der Waals surface area contributed by atoms with Crippen LogP contribution in [-0.2, 0) is 6.42 Å². The fourth-order valence-electron chi connectivity index (χ4n) is 3.75. The van der Waals surface area contributed by atoms with Crippen molar-refractivity contribution < 1.29 is 4.39 Å². The van der Waals surface area contributed by atoms with Crippen molar-refractivity contribution in [2.75, 3.05) is 37.6 Å². The molecule has 1 aliphatic heterocycles. The van der Waals surface area contributed by atoms with Gasteiger partial charge in [0.05, 0.1) is 0 Å². The second-order valence-electron chi connectivity index (χ2n) is 7.18. The summed E-state index contributed by atoms with van der Waals surface area (Å²) in [6.45, 7) is 7.06. The van der Waals surface area contributed by atoms with Gasteiger partial charge in [-0.3, -0.25) is 4.90 Å². The van der Waals surface area contributed by atoms with Crippen LogP contribution in [0.1, 0.15) is 11.5 Å². The Bertz CT molecular complexity index is 913. The number of nitrogens with zero attached hydrogens (tertiary/aromatic N) is 4. The molecule has 28 heavy (non-hydrogen) atoms. The molecule has 0 spiro atoms. The van der Waals surface area contributed by atoms with Crippen molar-refractivity contribution in [1.82, 2.24) is 14.5 Å².